The molecule has 0 saturated heterocycles. The van der Waals surface area contributed by atoms with E-state index in [0.29, 0.717) is 34.8 Å². The van der Waals surface area contributed by atoms with E-state index >= 15 is 0 Å². The van der Waals surface area contributed by atoms with Crippen LogP contribution in [0.1, 0.15) is 62.2 Å². The molecule has 0 amide bonds. The minimum Gasteiger partial charge on any atom is -0.483 e. The first kappa shape index (κ1) is 23.2. The first-order valence-electron chi connectivity index (χ1n) is 10.2. The van der Waals surface area contributed by atoms with Gasteiger partial charge in [-0.3, -0.25) is 0 Å². The Kier molecular flexibility index (Phi) is 7.30. The van der Waals surface area contributed by atoms with Crippen LogP contribution in [-0.4, -0.2) is 14.8 Å². The van der Waals surface area contributed by atoms with Gasteiger partial charge in [-0.15, -0.1) is 10.2 Å². The molecule has 8 heteroatoms. The first-order valence-corrected chi connectivity index (χ1v) is 11.2. The summed E-state index contributed by atoms with van der Waals surface area (Å²) < 4.78 is 46.8. The molecule has 0 spiro atoms. The van der Waals surface area contributed by atoms with Crippen LogP contribution in [0.5, 0.6) is 5.75 Å². The van der Waals surface area contributed by atoms with Gasteiger partial charge in [-0.05, 0) is 49.1 Å². The van der Waals surface area contributed by atoms with Crippen LogP contribution in [0.4, 0.5) is 13.2 Å². The Bertz CT molecular complexity index is 1000. The molecule has 4 nitrogen and oxygen atoms in total. The van der Waals surface area contributed by atoms with Crippen LogP contribution in [0.3, 0.4) is 0 Å². The largest absolute Gasteiger partial charge is 0.483 e. The number of alkyl halides is 3. The van der Waals surface area contributed by atoms with Crippen molar-refractivity contribution in [1.82, 2.24) is 14.8 Å². The van der Waals surface area contributed by atoms with E-state index in [0.717, 1.165) is 11.8 Å². The molecule has 0 aliphatic heterocycles. The van der Waals surface area contributed by atoms with Gasteiger partial charge in [0.2, 0.25) is 0 Å². The number of ether oxygens (including phenoxy) is 1. The summed E-state index contributed by atoms with van der Waals surface area (Å²) in [6.45, 7) is 8.80. The standard InChI is InChI=1S/C23H26F3N3OS/c1-5-29-21(16(4)30-20-11-9-18(10-12-20)15(2)3)27-28-22(29)31-14-17-7-6-8-19(13-17)23(24,25)26/h6-13,15-16H,5,14H2,1-4H3. The number of thioether (sulfide) groups is 1. The maximum absolute atomic E-state index is 12.9. The van der Waals surface area contributed by atoms with E-state index < -0.39 is 11.7 Å². The lowest BCUT2D eigenvalue weighted by Gasteiger charge is -2.16. The highest BCUT2D eigenvalue weighted by Crippen LogP contribution is 2.32. The number of hydrogen-bond acceptors (Lipinski definition) is 4. The smallest absolute Gasteiger partial charge is 0.416 e. The van der Waals surface area contributed by atoms with E-state index in [9.17, 15) is 13.2 Å². The number of hydrogen-bond donors (Lipinski definition) is 0. The topological polar surface area (TPSA) is 39.9 Å². The van der Waals surface area contributed by atoms with Gasteiger partial charge in [0.1, 0.15) is 5.75 Å². The van der Waals surface area contributed by atoms with Crippen molar-refractivity contribution in [3.63, 3.8) is 0 Å². The predicted octanol–water partition coefficient (Wildman–Crippen LogP) is 6.87. The fourth-order valence-corrected chi connectivity index (χ4v) is 4.13. The summed E-state index contributed by atoms with van der Waals surface area (Å²) in [7, 11) is 0. The Morgan fingerprint density at radius 1 is 1.03 bits per heavy atom. The van der Waals surface area contributed by atoms with Crippen LogP contribution in [0.2, 0.25) is 0 Å². The van der Waals surface area contributed by atoms with Crippen molar-refractivity contribution in [3.05, 3.63) is 71.0 Å². The summed E-state index contributed by atoms with van der Waals surface area (Å²) in [5.74, 6) is 2.25. The summed E-state index contributed by atoms with van der Waals surface area (Å²) >= 11 is 1.36. The van der Waals surface area contributed by atoms with E-state index in [-0.39, 0.29) is 6.10 Å². The highest BCUT2D eigenvalue weighted by molar-refractivity contribution is 7.98. The fraction of sp³-hybridized carbons (Fsp3) is 0.391. The minimum atomic E-state index is -4.35. The molecule has 3 aromatic rings. The van der Waals surface area contributed by atoms with Crippen molar-refractivity contribution in [2.45, 2.75) is 63.3 Å². The van der Waals surface area contributed by atoms with E-state index in [4.69, 9.17) is 4.74 Å². The second kappa shape index (κ2) is 9.77. The molecule has 1 heterocycles. The first-order chi connectivity index (χ1) is 14.7. The molecule has 1 unspecified atom stereocenters. The molecule has 166 valence electrons. The molecule has 31 heavy (non-hydrogen) atoms. The lowest BCUT2D eigenvalue weighted by atomic mass is 10.0. The molecule has 0 fully saturated rings. The van der Waals surface area contributed by atoms with Crippen molar-refractivity contribution < 1.29 is 17.9 Å². The van der Waals surface area contributed by atoms with Gasteiger partial charge in [0.05, 0.1) is 5.56 Å². The van der Waals surface area contributed by atoms with E-state index in [1.165, 1.54) is 29.5 Å². The van der Waals surface area contributed by atoms with Crippen LogP contribution >= 0.6 is 11.8 Å². The monoisotopic (exact) mass is 449 g/mol. The normalized spacial score (nSPS) is 12.9. The summed E-state index contributed by atoms with van der Waals surface area (Å²) in [6.07, 6.45) is -4.67. The van der Waals surface area contributed by atoms with Gasteiger partial charge in [-0.1, -0.05) is 55.9 Å². The maximum atomic E-state index is 12.9. The van der Waals surface area contributed by atoms with Crippen molar-refractivity contribution >= 4 is 11.8 Å². The van der Waals surface area contributed by atoms with E-state index in [1.54, 1.807) is 6.07 Å². The zero-order valence-electron chi connectivity index (χ0n) is 18.0. The van der Waals surface area contributed by atoms with Gasteiger partial charge in [0.25, 0.3) is 0 Å². The van der Waals surface area contributed by atoms with Gasteiger partial charge in [0.15, 0.2) is 17.1 Å². The van der Waals surface area contributed by atoms with Gasteiger partial charge < -0.3 is 9.30 Å². The third-order valence-electron chi connectivity index (χ3n) is 4.91. The Balaban J connectivity index is 1.70. The second-order valence-electron chi connectivity index (χ2n) is 7.56. The Hall–Kier alpha value is -2.48. The summed E-state index contributed by atoms with van der Waals surface area (Å²) in [4.78, 5) is 0. The van der Waals surface area contributed by atoms with E-state index in [1.807, 2.05) is 42.7 Å². The van der Waals surface area contributed by atoms with Gasteiger partial charge in [0, 0.05) is 12.3 Å². The molecule has 1 atom stereocenters. The van der Waals surface area contributed by atoms with E-state index in [2.05, 4.69) is 24.0 Å². The highest BCUT2D eigenvalue weighted by atomic mass is 32.2. The third-order valence-corrected chi connectivity index (χ3v) is 5.95. The van der Waals surface area contributed by atoms with Crippen molar-refractivity contribution in [2.75, 3.05) is 0 Å². The molecule has 1 aromatic heterocycles. The molecule has 3 rings (SSSR count). The number of nitrogens with zero attached hydrogens (tertiary/aromatic N) is 3. The Labute approximate surface area is 184 Å². The predicted molar refractivity (Wildman–Crippen MR) is 116 cm³/mol. The molecule has 0 radical (unpaired) electrons. The molecule has 0 aliphatic carbocycles. The van der Waals surface area contributed by atoms with Gasteiger partial charge in [-0.25, -0.2) is 0 Å². The van der Waals surface area contributed by atoms with Crippen LogP contribution in [-0.2, 0) is 18.5 Å². The highest BCUT2D eigenvalue weighted by Gasteiger charge is 2.30. The molecule has 0 bridgehead atoms. The molecule has 0 aliphatic rings. The molecular formula is C23H26F3N3OS. The lowest BCUT2D eigenvalue weighted by Crippen LogP contribution is -2.12. The summed E-state index contributed by atoms with van der Waals surface area (Å²) in [5.41, 5.74) is 1.18. The Morgan fingerprint density at radius 3 is 2.35 bits per heavy atom. The third kappa shape index (κ3) is 5.81. The van der Waals surface area contributed by atoms with Crippen molar-refractivity contribution in [2.24, 2.45) is 0 Å². The van der Waals surface area contributed by atoms with Crippen molar-refractivity contribution in [3.8, 4) is 5.75 Å². The van der Waals surface area contributed by atoms with Crippen LogP contribution in [0.15, 0.2) is 53.7 Å². The Morgan fingerprint density at radius 2 is 1.74 bits per heavy atom. The average Bonchev–Trinajstić information content (AvgIpc) is 3.15. The van der Waals surface area contributed by atoms with Gasteiger partial charge in [-0.2, -0.15) is 13.2 Å². The molecule has 0 N–H and O–H groups in total. The number of rotatable bonds is 8. The maximum Gasteiger partial charge on any atom is 0.416 e. The zero-order valence-corrected chi connectivity index (χ0v) is 18.8. The van der Waals surface area contributed by atoms with Crippen LogP contribution in [0, 0.1) is 0 Å². The summed E-state index contributed by atoms with van der Waals surface area (Å²) in [6, 6.07) is 13.4. The quantitative estimate of drug-likeness (QED) is 0.352. The minimum absolute atomic E-state index is 0.319. The van der Waals surface area contributed by atoms with Crippen LogP contribution < -0.4 is 4.74 Å². The SMILES string of the molecule is CCn1c(SCc2cccc(C(F)(F)F)c2)nnc1C(C)Oc1ccc(C(C)C)cc1. The second-order valence-corrected chi connectivity index (χ2v) is 8.50. The molecular weight excluding hydrogens is 423 g/mol. The van der Waals surface area contributed by atoms with Crippen molar-refractivity contribution in [1.29, 1.82) is 0 Å². The lowest BCUT2D eigenvalue weighted by molar-refractivity contribution is -0.137. The van der Waals surface area contributed by atoms with Crippen LogP contribution in [0.25, 0.3) is 0 Å². The fourth-order valence-electron chi connectivity index (χ4n) is 3.18. The number of benzene rings is 2. The number of aromatic nitrogens is 3. The average molecular weight is 450 g/mol. The van der Waals surface area contributed by atoms with Gasteiger partial charge >= 0.3 is 6.18 Å². The molecule has 0 saturated carbocycles. The molecule has 2 aromatic carbocycles. The zero-order chi connectivity index (χ0) is 22.6. The summed E-state index contributed by atoms with van der Waals surface area (Å²) in [5, 5.41) is 9.19. The number of halogens is 3.